The Bertz CT molecular complexity index is 1600. The van der Waals surface area contributed by atoms with Gasteiger partial charge in [-0.25, -0.2) is 18.3 Å². The van der Waals surface area contributed by atoms with Crippen LogP contribution in [-0.2, 0) is 0 Å². The lowest BCUT2D eigenvalue weighted by atomic mass is 9.75. The fourth-order valence-corrected chi connectivity index (χ4v) is 5.28. The largest absolute Gasteiger partial charge is 0.497 e. The van der Waals surface area contributed by atoms with E-state index in [4.69, 9.17) is 27.8 Å². The third-order valence-electron chi connectivity index (χ3n) is 8.16. The molecule has 2 aromatic carbocycles. The van der Waals surface area contributed by atoms with E-state index >= 15 is 0 Å². The number of hydrogen-bond acceptors (Lipinski definition) is 5. The molecule has 0 saturated heterocycles. The van der Waals surface area contributed by atoms with E-state index < -0.39 is 5.82 Å². The molecular formula is C29H31ClF2N6O. The quantitative estimate of drug-likeness (QED) is 0.192. The lowest BCUT2D eigenvalue weighted by Gasteiger charge is -2.39. The molecule has 4 aromatic rings. The summed E-state index contributed by atoms with van der Waals surface area (Å²) in [5.41, 5.74) is 15.5. The molecule has 7 nitrogen and oxygen atoms in total. The van der Waals surface area contributed by atoms with E-state index in [9.17, 15) is 8.78 Å². The molecule has 2 heterocycles. The summed E-state index contributed by atoms with van der Waals surface area (Å²) in [5, 5.41) is 8.46. The van der Waals surface area contributed by atoms with Gasteiger partial charge in [-0.15, -0.1) is 0 Å². The molecule has 204 valence electrons. The van der Waals surface area contributed by atoms with Gasteiger partial charge in [-0.2, -0.15) is 5.10 Å². The number of anilines is 1. The number of benzene rings is 2. The van der Waals surface area contributed by atoms with Crippen molar-refractivity contribution in [3.63, 3.8) is 0 Å². The summed E-state index contributed by atoms with van der Waals surface area (Å²) >= 11 is 6.26. The SMILES string of the molecule is COc1ccc(F)c(-c2cc3c(N[C@@H]4CC[C@](C)(N)C4(C)C)c(/C(N)=N/c4cc(F)ccc4Cl)cnn3c2)c1. The summed E-state index contributed by atoms with van der Waals surface area (Å²) in [6, 6.07) is 10.3. The predicted molar refractivity (Wildman–Crippen MR) is 152 cm³/mol. The first-order valence-electron chi connectivity index (χ1n) is 12.6. The summed E-state index contributed by atoms with van der Waals surface area (Å²) in [6.45, 7) is 6.32. The summed E-state index contributed by atoms with van der Waals surface area (Å²) in [7, 11) is 1.53. The minimum absolute atomic E-state index is 0.00471. The van der Waals surface area contributed by atoms with Crippen LogP contribution in [-0.4, -0.2) is 34.1 Å². The number of nitrogens with one attached hydrogen (secondary N) is 1. The number of rotatable bonds is 6. The molecule has 0 aliphatic heterocycles. The van der Waals surface area contributed by atoms with Gasteiger partial charge in [0.25, 0.3) is 0 Å². The molecule has 1 aliphatic rings. The second kappa shape index (κ2) is 9.81. The molecule has 0 radical (unpaired) electrons. The van der Waals surface area contributed by atoms with Crippen LogP contribution in [0.3, 0.4) is 0 Å². The monoisotopic (exact) mass is 552 g/mol. The number of nitrogens with zero attached hydrogens (tertiary/aromatic N) is 3. The molecule has 10 heteroatoms. The summed E-state index contributed by atoms with van der Waals surface area (Å²) in [4.78, 5) is 4.43. The van der Waals surface area contributed by atoms with Crippen molar-refractivity contribution in [3.8, 4) is 16.9 Å². The molecule has 1 aliphatic carbocycles. The van der Waals surface area contributed by atoms with Gasteiger partial charge < -0.3 is 21.5 Å². The maximum absolute atomic E-state index is 14.9. The van der Waals surface area contributed by atoms with Crippen LogP contribution in [0.5, 0.6) is 5.75 Å². The Morgan fingerprint density at radius 1 is 1.18 bits per heavy atom. The van der Waals surface area contributed by atoms with Crippen LogP contribution < -0.4 is 21.5 Å². The average molecular weight is 553 g/mol. The first-order chi connectivity index (χ1) is 18.4. The molecule has 0 bridgehead atoms. The van der Waals surface area contributed by atoms with E-state index in [2.05, 4.69) is 36.2 Å². The number of amidine groups is 1. The van der Waals surface area contributed by atoms with Crippen LogP contribution in [0.25, 0.3) is 16.6 Å². The van der Waals surface area contributed by atoms with E-state index in [0.717, 1.165) is 12.8 Å². The number of nitrogens with two attached hydrogens (primary N) is 2. The van der Waals surface area contributed by atoms with E-state index in [1.807, 2.05) is 6.07 Å². The predicted octanol–water partition coefficient (Wildman–Crippen LogP) is 6.30. The second-order valence-electron chi connectivity index (χ2n) is 10.8. The van der Waals surface area contributed by atoms with Gasteiger partial charge in [0.1, 0.15) is 23.2 Å². The lowest BCUT2D eigenvalue weighted by Crippen LogP contribution is -2.51. The van der Waals surface area contributed by atoms with Crippen molar-refractivity contribution in [3.05, 3.63) is 77.1 Å². The van der Waals surface area contributed by atoms with Crippen molar-refractivity contribution < 1.29 is 13.5 Å². The van der Waals surface area contributed by atoms with Crippen molar-refractivity contribution in [1.29, 1.82) is 0 Å². The molecule has 2 atom stereocenters. The van der Waals surface area contributed by atoms with Crippen molar-refractivity contribution in [2.24, 2.45) is 21.9 Å². The maximum Gasteiger partial charge on any atom is 0.135 e. The summed E-state index contributed by atoms with van der Waals surface area (Å²) < 4.78 is 35.7. The van der Waals surface area contributed by atoms with Crippen LogP contribution >= 0.6 is 11.6 Å². The minimum atomic E-state index is -0.482. The molecule has 1 fully saturated rings. The van der Waals surface area contributed by atoms with E-state index in [1.54, 1.807) is 29.0 Å². The number of fused-ring (bicyclic) bond motifs is 1. The molecule has 5 N–H and O–H groups in total. The molecule has 0 amide bonds. The van der Waals surface area contributed by atoms with Crippen LogP contribution in [0, 0.1) is 17.0 Å². The van der Waals surface area contributed by atoms with Crippen molar-refractivity contribution in [2.45, 2.75) is 45.2 Å². The third-order valence-corrected chi connectivity index (χ3v) is 8.48. The molecule has 39 heavy (non-hydrogen) atoms. The number of hydrogen-bond donors (Lipinski definition) is 3. The Labute approximate surface area is 230 Å². The topological polar surface area (TPSA) is 103 Å². The summed E-state index contributed by atoms with van der Waals surface area (Å²) in [5.74, 6) is -0.239. The zero-order valence-electron chi connectivity index (χ0n) is 22.2. The highest BCUT2D eigenvalue weighted by Crippen LogP contribution is 2.46. The second-order valence-corrected chi connectivity index (χ2v) is 11.2. The number of aromatic nitrogens is 2. The van der Waals surface area contributed by atoms with E-state index in [-0.39, 0.29) is 39.4 Å². The third kappa shape index (κ3) is 4.81. The van der Waals surface area contributed by atoms with Gasteiger partial charge in [0, 0.05) is 40.4 Å². The van der Waals surface area contributed by atoms with Gasteiger partial charge in [0.15, 0.2) is 0 Å². The summed E-state index contributed by atoms with van der Waals surface area (Å²) in [6.07, 6.45) is 4.99. The average Bonchev–Trinajstić information content (AvgIpc) is 3.40. The highest BCUT2D eigenvalue weighted by Gasteiger charge is 2.49. The fourth-order valence-electron chi connectivity index (χ4n) is 5.12. The Morgan fingerprint density at radius 2 is 1.95 bits per heavy atom. The molecule has 5 rings (SSSR count). The fraction of sp³-hybridized carbons (Fsp3) is 0.310. The van der Waals surface area contributed by atoms with Crippen molar-refractivity contribution in [2.75, 3.05) is 12.4 Å². The van der Waals surface area contributed by atoms with E-state index in [0.29, 0.717) is 33.6 Å². The molecule has 1 saturated carbocycles. The zero-order chi connectivity index (χ0) is 28.1. The molecule has 0 spiro atoms. The van der Waals surface area contributed by atoms with Crippen molar-refractivity contribution >= 4 is 34.3 Å². The van der Waals surface area contributed by atoms with Gasteiger partial charge in [-0.05, 0) is 56.2 Å². The molecule has 2 aromatic heterocycles. The number of methoxy groups -OCH3 is 1. The Balaban J connectivity index is 1.68. The van der Waals surface area contributed by atoms with Crippen LogP contribution in [0.4, 0.5) is 20.2 Å². The number of aliphatic imine (C=N–C) groups is 1. The highest BCUT2D eigenvalue weighted by molar-refractivity contribution is 6.33. The van der Waals surface area contributed by atoms with Crippen LogP contribution in [0.15, 0.2) is 59.9 Å². The van der Waals surface area contributed by atoms with Gasteiger partial charge in [0.2, 0.25) is 0 Å². The first-order valence-corrected chi connectivity index (χ1v) is 13.0. The van der Waals surface area contributed by atoms with Gasteiger partial charge in [-0.3, -0.25) is 0 Å². The van der Waals surface area contributed by atoms with Gasteiger partial charge in [0.05, 0.1) is 40.8 Å². The van der Waals surface area contributed by atoms with E-state index in [1.165, 1.54) is 31.4 Å². The smallest absolute Gasteiger partial charge is 0.135 e. The number of ether oxygens (including phenoxy) is 1. The van der Waals surface area contributed by atoms with Crippen LogP contribution in [0.1, 0.15) is 39.2 Å². The molecular weight excluding hydrogens is 522 g/mol. The van der Waals surface area contributed by atoms with Crippen LogP contribution in [0.2, 0.25) is 5.02 Å². The Hall–Kier alpha value is -3.69. The van der Waals surface area contributed by atoms with Gasteiger partial charge in [-0.1, -0.05) is 25.4 Å². The maximum atomic E-state index is 14.9. The minimum Gasteiger partial charge on any atom is -0.497 e. The number of halogens is 3. The lowest BCUT2D eigenvalue weighted by molar-refractivity contribution is 0.215. The molecule has 0 unspecified atom stereocenters. The van der Waals surface area contributed by atoms with Gasteiger partial charge >= 0.3 is 0 Å². The zero-order valence-corrected chi connectivity index (χ0v) is 23.0. The Morgan fingerprint density at radius 3 is 2.64 bits per heavy atom. The highest BCUT2D eigenvalue weighted by atomic mass is 35.5. The Kier molecular flexibility index (Phi) is 6.76. The van der Waals surface area contributed by atoms with Crippen molar-refractivity contribution in [1.82, 2.24) is 9.61 Å². The standard InChI is InChI=1S/C29H31ClF2N6O/c1-28(2)25(9-10-29(28,3)34)37-26-20(27(33)36-23-12-17(31)5-7-21(23)30)14-35-38-15-16(11-24(26)38)19-13-18(39-4)6-8-22(19)32/h5-8,11-15,25,37H,9-10,34H2,1-4H3,(H2,33,36)/t25-,29+/m1/s1. The normalized spacial score (nSPS) is 20.9. The first kappa shape index (κ1) is 26.9.